The number of aryl methyl sites for hydroxylation is 1. The first kappa shape index (κ1) is 14.8. The molecule has 0 bridgehead atoms. The highest BCUT2D eigenvalue weighted by Gasteiger charge is 2.14. The number of nitrogens with zero attached hydrogens (tertiary/aromatic N) is 1. The normalized spacial score (nSPS) is 10.4. The van der Waals surface area contributed by atoms with Gasteiger partial charge in [-0.05, 0) is 36.1 Å². The lowest BCUT2D eigenvalue weighted by molar-refractivity contribution is 0.558. The van der Waals surface area contributed by atoms with Crippen molar-refractivity contribution in [2.45, 2.75) is 6.92 Å². The van der Waals surface area contributed by atoms with Crippen LogP contribution in [0, 0.1) is 19.8 Å². The maximum atomic E-state index is 5.43. The lowest BCUT2D eigenvalue weighted by Crippen LogP contribution is -2.08. The molecule has 98 valence electrons. The van der Waals surface area contributed by atoms with E-state index in [4.69, 9.17) is 4.42 Å². The van der Waals surface area contributed by atoms with Gasteiger partial charge in [0.2, 0.25) is 0 Å². The summed E-state index contributed by atoms with van der Waals surface area (Å²) in [5.41, 5.74) is 2.01. The minimum atomic E-state index is 0.615. The van der Waals surface area contributed by atoms with Crippen molar-refractivity contribution in [2.75, 3.05) is 7.05 Å². The third-order valence-electron chi connectivity index (χ3n) is 2.37. The van der Waals surface area contributed by atoms with E-state index in [9.17, 15) is 0 Å². The summed E-state index contributed by atoms with van der Waals surface area (Å²) in [6.07, 6.45) is 9.65. The Morgan fingerprint density at radius 3 is 2.63 bits per heavy atom. The molecule has 0 saturated carbocycles. The largest absolute Gasteiger partial charge is 0.463 e. The molecule has 1 N–H and O–H groups in total. The molecule has 0 unspecified atom stereocenters. The third-order valence-corrected chi connectivity index (χ3v) is 3.39. The quantitative estimate of drug-likeness (QED) is 0.684. The van der Waals surface area contributed by atoms with Gasteiger partial charge in [0.15, 0.2) is 5.76 Å². The van der Waals surface area contributed by atoms with Crippen molar-refractivity contribution in [1.82, 2.24) is 5.32 Å². The zero-order valence-corrected chi connectivity index (χ0v) is 11.8. The average Bonchev–Trinajstić information content (AvgIpc) is 3.09. The minimum Gasteiger partial charge on any atom is -0.463 e. The highest BCUT2D eigenvalue weighted by molar-refractivity contribution is 7.12. The Bertz CT molecular complexity index is 576. The van der Waals surface area contributed by atoms with Gasteiger partial charge in [-0.3, -0.25) is 0 Å². The molecule has 0 aliphatic heterocycles. The number of nitrogens with one attached hydrogen (secondary N) is 1. The van der Waals surface area contributed by atoms with Crippen LogP contribution in [0.1, 0.15) is 16.2 Å². The van der Waals surface area contributed by atoms with E-state index in [1.54, 1.807) is 24.6 Å². The SMILES string of the molecule is C#C.C=C(/N=C(/c1ccco1)c1sccc1C)NC. The zero-order chi connectivity index (χ0) is 14.3. The second kappa shape index (κ2) is 7.24. The number of hydrogen-bond acceptors (Lipinski definition) is 4. The zero-order valence-electron chi connectivity index (χ0n) is 11.0. The van der Waals surface area contributed by atoms with E-state index >= 15 is 0 Å². The van der Waals surface area contributed by atoms with Crippen LogP contribution < -0.4 is 5.32 Å². The second-order valence-electron chi connectivity index (χ2n) is 3.57. The fraction of sp³-hybridized carbons (Fsp3) is 0.133. The molecule has 2 aromatic heterocycles. The Labute approximate surface area is 117 Å². The third kappa shape index (κ3) is 3.60. The lowest BCUT2D eigenvalue weighted by Gasteiger charge is -2.04. The Balaban J connectivity index is 0.000000861. The molecule has 0 amide bonds. The summed E-state index contributed by atoms with van der Waals surface area (Å²) in [4.78, 5) is 5.58. The van der Waals surface area contributed by atoms with Gasteiger partial charge >= 0.3 is 0 Å². The molecule has 2 heterocycles. The fourth-order valence-electron chi connectivity index (χ4n) is 1.44. The van der Waals surface area contributed by atoms with E-state index in [0.717, 1.165) is 16.3 Å². The summed E-state index contributed by atoms with van der Waals surface area (Å²) in [7, 11) is 1.80. The molecule has 2 aromatic rings. The molecule has 0 aromatic carbocycles. The van der Waals surface area contributed by atoms with Crippen LogP contribution >= 0.6 is 11.3 Å². The topological polar surface area (TPSA) is 37.5 Å². The number of hydrogen-bond donors (Lipinski definition) is 1. The van der Waals surface area contributed by atoms with E-state index in [1.165, 1.54) is 5.56 Å². The molecule has 0 spiro atoms. The van der Waals surface area contributed by atoms with E-state index in [-0.39, 0.29) is 0 Å². The molecule has 0 aliphatic rings. The summed E-state index contributed by atoms with van der Waals surface area (Å²) in [5.74, 6) is 1.37. The van der Waals surface area contributed by atoms with Crippen LogP contribution in [0.5, 0.6) is 0 Å². The molecule has 3 nitrogen and oxygen atoms in total. The van der Waals surface area contributed by atoms with Crippen LogP contribution in [-0.4, -0.2) is 12.8 Å². The molecule has 19 heavy (non-hydrogen) atoms. The average molecular weight is 272 g/mol. The minimum absolute atomic E-state index is 0.615. The predicted octanol–water partition coefficient (Wildman–Crippen LogP) is 3.43. The lowest BCUT2D eigenvalue weighted by atomic mass is 10.2. The van der Waals surface area contributed by atoms with Crippen molar-refractivity contribution >= 4 is 17.0 Å². The summed E-state index contributed by atoms with van der Waals surface area (Å²) in [6.45, 7) is 5.89. The van der Waals surface area contributed by atoms with Crippen LogP contribution in [0.15, 0.2) is 51.7 Å². The Morgan fingerprint density at radius 1 is 1.42 bits per heavy atom. The molecule has 0 radical (unpaired) electrons. The van der Waals surface area contributed by atoms with Gasteiger partial charge in [0.1, 0.15) is 11.5 Å². The number of rotatable bonds is 4. The molecule has 0 saturated heterocycles. The maximum Gasteiger partial charge on any atom is 0.153 e. The fourth-order valence-corrected chi connectivity index (χ4v) is 2.36. The van der Waals surface area contributed by atoms with Gasteiger partial charge in [0.05, 0.1) is 11.1 Å². The van der Waals surface area contributed by atoms with Crippen LogP contribution in [0.2, 0.25) is 0 Å². The van der Waals surface area contributed by atoms with Crippen molar-refractivity contribution < 1.29 is 4.42 Å². The molecular weight excluding hydrogens is 256 g/mol. The van der Waals surface area contributed by atoms with Gasteiger partial charge in [-0.15, -0.1) is 24.2 Å². The molecule has 0 atom stereocenters. The van der Waals surface area contributed by atoms with Crippen molar-refractivity contribution in [3.8, 4) is 12.8 Å². The number of thiophene rings is 1. The van der Waals surface area contributed by atoms with Crippen LogP contribution in [-0.2, 0) is 0 Å². The van der Waals surface area contributed by atoms with E-state index in [2.05, 4.69) is 42.7 Å². The highest BCUT2D eigenvalue weighted by Crippen LogP contribution is 2.21. The van der Waals surface area contributed by atoms with Gasteiger partial charge in [-0.1, -0.05) is 6.58 Å². The molecule has 0 fully saturated rings. The first-order valence-corrected chi connectivity index (χ1v) is 6.47. The van der Waals surface area contributed by atoms with Gasteiger partial charge in [0, 0.05) is 7.05 Å². The van der Waals surface area contributed by atoms with Gasteiger partial charge in [-0.2, -0.15) is 0 Å². The molecule has 4 heteroatoms. The van der Waals surface area contributed by atoms with Crippen LogP contribution in [0.4, 0.5) is 0 Å². The summed E-state index contributed by atoms with van der Waals surface area (Å²) in [6, 6.07) is 5.83. The first-order chi connectivity index (χ1) is 9.22. The number of terminal acetylenes is 1. The van der Waals surface area contributed by atoms with Crippen molar-refractivity contribution in [3.63, 3.8) is 0 Å². The Kier molecular flexibility index (Phi) is 5.65. The van der Waals surface area contributed by atoms with Crippen LogP contribution in [0.3, 0.4) is 0 Å². The number of furan rings is 1. The van der Waals surface area contributed by atoms with Gasteiger partial charge in [-0.25, -0.2) is 4.99 Å². The van der Waals surface area contributed by atoms with E-state index < -0.39 is 0 Å². The standard InChI is InChI=1S/C13H14N2OS.C2H2/c1-9-6-8-17-13(9)12(15-10(2)14-3)11-5-4-7-16-11;1-2/h4-8,14H,2H2,1,3H3;1-2H/b15-12-;. The van der Waals surface area contributed by atoms with Gasteiger partial charge in [0.25, 0.3) is 0 Å². The first-order valence-electron chi connectivity index (χ1n) is 5.59. The molecule has 0 aliphatic carbocycles. The second-order valence-corrected chi connectivity index (χ2v) is 4.48. The Morgan fingerprint density at radius 2 is 2.16 bits per heavy atom. The van der Waals surface area contributed by atoms with E-state index in [0.29, 0.717) is 5.82 Å². The highest BCUT2D eigenvalue weighted by atomic mass is 32.1. The molecule has 2 rings (SSSR count). The summed E-state index contributed by atoms with van der Waals surface area (Å²) < 4.78 is 5.43. The van der Waals surface area contributed by atoms with Crippen LogP contribution in [0.25, 0.3) is 0 Å². The van der Waals surface area contributed by atoms with Gasteiger partial charge < -0.3 is 9.73 Å². The van der Waals surface area contributed by atoms with Crippen molar-refractivity contribution in [1.29, 1.82) is 0 Å². The maximum absolute atomic E-state index is 5.43. The summed E-state index contributed by atoms with van der Waals surface area (Å²) >= 11 is 1.65. The predicted molar refractivity (Wildman–Crippen MR) is 81.5 cm³/mol. The van der Waals surface area contributed by atoms with E-state index in [1.807, 2.05) is 17.5 Å². The smallest absolute Gasteiger partial charge is 0.153 e. The summed E-state index contributed by atoms with van der Waals surface area (Å²) in [5, 5.41) is 4.97. The number of aliphatic imine (C=N–C) groups is 1. The van der Waals surface area contributed by atoms with Crippen molar-refractivity contribution in [3.05, 3.63) is 58.4 Å². The monoisotopic (exact) mass is 272 g/mol. The Hall–Kier alpha value is -2.25. The van der Waals surface area contributed by atoms with Crippen molar-refractivity contribution in [2.24, 2.45) is 4.99 Å². The molecular formula is C15H16N2OS.